The molecule has 1 atom stereocenters. The largest absolute Gasteiger partial charge is 0.497 e. The third-order valence-corrected chi connectivity index (χ3v) is 4.89. The van der Waals surface area contributed by atoms with Crippen molar-refractivity contribution in [1.82, 2.24) is 0 Å². The zero-order valence-electron chi connectivity index (χ0n) is 12.0. The van der Waals surface area contributed by atoms with Gasteiger partial charge in [0.15, 0.2) is 0 Å². The van der Waals surface area contributed by atoms with Crippen LogP contribution in [0.5, 0.6) is 5.75 Å². The predicted molar refractivity (Wildman–Crippen MR) is 82.2 cm³/mol. The van der Waals surface area contributed by atoms with E-state index in [1.165, 1.54) is 0 Å². The number of ether oxygens (including phenoxy) is 3. The molecule has 5 heteroatoms. The number of halogens is 1. The van der Waals surface area contributed by atoms with Crippen LogP contribution in [0.15, 0.2) is 22.7 Å². The van der Waals surface area contributed by atoms with Crippen molar-refractivity contribution in [1.29, 1.82) is 0 Å². The van der Waals surface area contributed by atoms with Crippen molar-refractivity contribution in [2.75, 3.05) is 27.4 Å². The number of rotatable bonds is 5. The monoisotopic (exact) mass is 343 g/mol. The molecule has 1 saturated heterocycles. The zero-order valence-corrected chi connectivity index (χ0v) is 13.6. The lowest BCUT2D eigenvalue weighted by molar-refractivity contribution is -0.103. The summed E-state index contributed by atoms with van der Waals surface area (Å²) in [6.45, 7) is 1.42. The molecular formula is C15H22BrNO3. The fourth-order valence-corrected chi connectivity index (χ4v) is 3.11. The molecule has 1 unspecified atom stereocenters. The molecule has 0 amide bonds. The molecule has 0 spiro atoms. The molecule has 1 fully saturated rings. The summed E-state index contributed by atoms with van der Waals surface area (Å²) in [5.74, 6) is 0.842. The normalized spacial score (nSPS) is 19.6. The maximum absolute atomic E-state index is 6.44. The van der Waals surface area contributed by atoms with Gasteiger partial charge in [-0.05, 0) is 30.2 Å². The van der Waals surface area contributed by atoms with Crippen LogP contribution in [-0.2, 0) is 15.9 Å². The molecule has 0 bridgehead atoms. The van der Waals surface area contributed by atoms with Crippen LogP contribution in [0.1, 0.15) is 18.4 Å². The average molecular weight is 344 g/mol. The van der Waals surface area contributed by atoms with Gasteiger partial charge >= 0.3 is 0 Å². The summed E-state index contributed by atoms with van der Waals surface area (Å²) in [5.41, 5.74) is 7.29. The van der Waals surface area contributed by atoms with Crippen LogP contribution in [0.4, 0.5) is 0 Å². The summed E-state index contributed by atoms with van der Waals surface area (Å²) in [4.78, 5) is 0. The summed E-state index contributed by atoms with van der Waals surface area (Å²) in [5, 5.41) is 0. The number of hydrogen-bond donors (Lipinski definition) is 1. The van der Waals surface area contributed by atoms with E-state index < -0.39 is 0 Å². The van der Waals surface area contributed by atoms with E-state index in [-0.39, 0.29) is 11.6 Å². The van der Waals surface area contributed by atoms with Crippen LogP contribution in [-0.4, -0.2) is 39.1 Å². The summed E-state index contributed by atoms with van der Waals surface area (Å²) in [7, 11) is 3.41. The first-order valence-corrected chi connectivity index (χ1v) is 7.61. The molecule has 20 heavy (non-hydrogen) atoms. The van der Waals surface area contributed by atoms with Crippen molar-refractivity contribution in [3.05, 3.63) is 28.2 Å². The maximum Gasteiger partial charge on any atom is 0.119 e. The van der Waals surface area contributed by atoms with E-state index in [1.807, 2.05) is 18.2 Å². The molecule has 1 heterocycles. The molecule has 112 valence electrons. The minimum Gasteiger partial charge on any atom is -0.497 e. The lowest BCUT2D eigenvalue weighted by Crippen LogP contribution is -2.53. The summed E-state index contributed by atoms with van der Waals surface area (Å²) >= 11 is 3.58. The van der Waals surface area contributed by atoms with Crippen LogP contribution >= 0.6 is 15.9 Å². The Hall–Kier alpha value is -0.620. The van der Waals surface area contributed by atoms with Crippen LogP contribution in [0.25, 0.3) is 0 Å². The third kappa shape index (κ3) is 3.34. The molecular weight excluding hydrogens is 322 g/mol. The zero-order chi connectivity index (χ0) is 14.6. The quantitative estimate of drug-likeness (QED) is 0.892. The Morgan fingerprint density at radius 2 is 2.05 bits per heavy atom. The molecule has 0 radical (unpaired) electrons. The Balaban J connectivity index is 2.15. The molecule has 1 aromatic carbocycles. The van der Waals surface area contributed by atoms with Gasteiger partial charge in [-0.25, -0.2) is 0 Å². The predicted octanol–water partition coefficient (Wildman–Crippen LogP) is 2.52. The second kappa shape index (κ2) is 6.89. The van der Waals surface area contributed by atoms with Gasteiger partial charge in [0, 0.05) is 43.7 Å². The lowest BCUT2D eigenvalue weighted by Gasteiger charge is -2.40. The van der Waals surface area contributed by atoms with E-state index in [9.17, 15) is 0 Å². The fraction of sp³-hybridized carbons (Fsp3) is 0.600. The van der Waals surface area contributed by atoms with E-state index in [0.717, 1.165) is 35.0 Å². The van der Waals surface area contributed by atoms with Gasteiger partial charge in [-0.2, -0.15) is 0 Å². The van der Waals surface area contributed by atoms with Crippen molar-refractivity contribution in [3.8, 4) is 5.75 Å². The Morgan fingerprint density at radius 3 is 2.65 bits per heavy atom. The number of benzene rings is 1. The van der Waals surface area contributed by atoms with E-state index in [4.69, 9.17) is 19.9 Å². The number of methoxy groups -OCH3 is 2. The standard InChI is InChI=1S/C15H22BrNO3/c1-18-12-3-4-13(16)11(9-12)10-14(17)15(19-2)5-7-20-8-6-15/h3-4,9,14H,5-8,10,17H2,1-2H3. The fourth-order valence-electron chi connectivity index (χ4n) is 2.70. The molecule has 1 aliphatic rings. The average Bonchev–Trinajstić information content (AvgIpc) is 2.50. The minimum absolute atomic E-state index is 0.0696. The highest BCUT2D eigenvalue weighted by atomic mass is 79.9. The van der Waals surface area contributed by atoms with Crippen molar-refractivity contribution in [2.24, 2.45) is 5.73 Å². The molecule has 0 saturated carbocycles. The van der Waals surface area contributed by atoms with Crippen LogP contribution in [0, 0.1) is 0 Å². The number of nitrogens with two attached hydrogens (primary N) is 1. The van der Waals surface area contributed by atoms with Crippen molar-refractivity contribution < 1.29 is 14.2 Å². The van der Waals surface area contributed by atoms with E-state index in [0.29, 0.717) is 13.2 Å². The van der Waals surface area contributed by atoms with Gasteiger partial charge < -0.3 is 19.9 Å². The van der Waals surface area contributed by atoms with Crippen LogP contribution in [0.2, 0.25) is 0 Å². The summed E-state index contributed by atoms with van der Waals surface area (Å²) in [6.07, 6.45) is 2.42. The Labute approximate surface area is 128 Å². The lowest BCUT2D eigenvalue weighted by atomic mass is 9.83. The van der Waals surface area contributed by atoms with E-state index >= 15 is 0 Å². The molecule has 2 N–H and O–H groups in total. The summed E-state index contributed by atoms with van der Waals surface area (Å²) < 4.78 is 17.5. The Kier molecular flexibility index (Phi) is 5.43. The minimum atomic E-state index is -0.291. The van der Waals surface area contributed by atoms with Crippen molar-refractivity contribution in [3.63, 3.8) is 0 Å². The SMILES string of the molecule is COc1ccc(Br)c(CC(N)C2(OC)CCOCC2)c1. The Bertz CT molecular complexity index is 447. The highest BCUT2D eigenvalue weighted by Crippen LogP contribution is 2.31. The van der Waals surface area contributed by atoms with Gasteiger partial charge in [-0.3, -0.25) is 0 Å². The third-order valence-electron chi connectivity index (χ3n) is 4.11. The highest BCUT2D eigenvalue weighted by molar-refractivity contribution is 9.10. The van der Waals surface area contributed by atoms with E-state index in [2.05, 4.69) is 15.9 Å². The molecule has 1 aliphatic heterocycles. The number of hydrogen-bond acceptors (Lipinski definition) is 4. The molecule has 2 rings (SSSR count). The van der Waals surface area contributed by atoms with Gasteiger partial charge in [0.1, 0.15) is 5.75 Å². The van der Waals surface area contributed by atoms with Gasteiger partial charge in [-0.15, -0.1) is 0 Å². The van der Waals surface area contributed by atoms with Crippen LogP contribution < -0.4 is 10.5 Å². The maximum atomic E-state index is 6.44. The highest BCUT2D eigenvalue weighted by Gasteiger charge is 2.38. The van der Waals surface area contributed by atoms with Gasteiger partial charge in [0.2, 0.25) is 0 Å². The Morgan fingerprint density at radius 1 is 1.35 bits per heavy atom. The molecule has 4 nitrogen and oxygen atoms in total. The first-order chi connectivity index (χ1) is 9.61. The topological polar surface area (TPSA) is 53.7 Å². The van der Waals surface area contributed by atoms with Gasteiger partial charge in [0.25, 0.3) is 0 Å². The first-order valence-electron chi connectivity index (χ1n) is 6.82. The van der Waals surface area contributed by atoms with Crippen LogP contribution in [0.3, 0.4) is 0 Å². The van der Waals surface area contributed by atoms with Gasteiger partial charge in [0.05, 0.1) is 12.7 Å². The molecule has 1 aromatic rings. The second-order valence-electron chi connectivity index (χ2n) is 5.15. The van der Waals surface area contributed by atoms with Gasteiger partial charge in [-0.1, -0.05) is 15.9 Å². The van der Waals surface area contributed by atoms with Crippen molar-refractivity contribution >= 4 is 15.9 Å². The molecule has 0 aromatic heterocycles. The van der Waals surface area contributed by atoms with Crippen molar-refractivity contribution in [2.45, 2.75) is 30.9 Å². The summed E-state index contributed by atoms with van der Waals surface area (Å²) in [6, 6.07) is 5.87. The molecule has 0 aliphatic carbocycles. The second-order valence-corrected chi connectivity index (χ2v) is 6.00. The van der Waals surface area contributed by atoms with E-state index in [1.54, 1.807) is 14.2 Å². The first kappa shape index (κ1) is 15.8. The smallest absolute Gasteiger partial charge is 0.119 e.